The zero-order chi connectivity index (χ0) is 20.7. The number of β-amino-alcohol motifs (C(OH)–C–C–N with tert-alkyl or cyclic N) is 1. The fourth-order valence-corrected chi connectivity index (χ4v) is 3.62. The number of aliphatic hydroxyl groups is 2. The van der Waals surface area contributed by atoms with Crippen molar-refractivity contribution in [3.05, 3.63) is 65.7 Å². The van der Waals surface area contributed by atoms with Crippen LogP contribution in [-0.2, 0) is 17.8 Å². The highest BCUT2D eigenvalue weighted by molar-refractivity contribution is 5.79. The van der Waals surface area contributed by atoms with Crippen LogP contribution in [0, 0.1) is 0 Å². The SMILES string of the molecule is CCOc1ccc(CNC[C@]2(O)CN(C(=O)Cc3ccccc3)CC[C@H]2O)cc1. The lowest BCUT2D eigenvalue weighted by molar-refractivity contribution is -0.150. The van der Waals surface area contributed by atoms with Gasteiger partial charge in [-0.2, -0.15) is 0 Å². The van der Waals surface area contributed by atoms with Gasteiger partial charge < -0.3 is 25.2 Å². The average molecular weight is 399 g/mol. The Morgan fingerprint density at radius 3 is 2.59 bits per heavy atom. The van der Waals surface area contributed by atoms with Crippen LogP contribution < -0.4 is 10.1 Å². The molecule has 1 heterocycles. The maximum absolute atomic E-state index is 12.6. The minimum atomic E-state index is -1.37. The largest absolute Gasteiger partial charge is 0.494 e. The molecule has 1 aliphatic heterocycles. The molecular formula is C23H30N2O4. The van der Waals surface area contributed by atoms with Crippen LogP contribution in [0.15, 0.2) is 54.6 Å². The summed E-state index contributed by atoms with van der Waals surface area (Å²) in [6, 6.07) is 17.3. The van der Waals surface area contributed by atoms with Crippen LogP contribution in [0.25, 0.3) is 0 Å². The molecule has 0 aromatic heterocycles. The van der Waals surface area contributed by atoms with Gasteiger partial charge in [-0.25, -0.2) is 0 Å². The number of benzene rings is 2. The molecule has 29 heavy (non-hydrogen) atoms. The molecule has 2 aromatic carbocycles. The maximum Gasteiger partial charge on any atom is 0.227 e. The lowest BCUT2D eigenvalue weighted by Crippen LogP contribution is -2.62. The Kier molecular flexibility index (Phi) is 7.25. The summed E-state index contributed by atoms with van der Waals surface area (Å²) in [7, 11) is 0. The maximum atomic E-state index is 12.6. The number of nitrogens with zero attached hydrogens (tertiary/aromatic N) is 1. The number of hydrogen-bond donors (Lipinski definition) is 3. The molecule has 1 saturated heterocycles. The summed E-state index contributed by atoms with van der Waals surface area (Å²) in [5.41, 5.74) is 0.635. The zero-order valence-corrected chi connectivity index (χ0v) is 16.9. The molecule has 0 radical (unpaired) electrons. The minimum Gasteiger partial charge on any atom is -0.494 e. The van der Waals surface area contributed by atoms with E-state index in [0.717, 1.165) is 16.9 Å². The van der Waals surface area contributed by atoms with Crippen LogP contribution in [0.1, 0.15) is 24.5 Å². The predicted octanol–water partition coefficient (Wildman–Crippen LogP) is 1.74. The molecule has 2 atom stereocenters. The molecule has 0 bridgehead atoms. The Bertz CT molecular complexity index is 781. The second-order valence-electron chi connectivity index (χ2n) is 7.57. The molecule has 0 unspecified atom stereocenters. The van der Waals surface area contributed by atoms with E-state index in [1.54, 1.807) is 4.90 Å². The highest BCUT2D eigenvalue weighted by Crippen LogP contribution is 2.22. The van der Waals surface area contributed by atoms with Gasteiger partial charge in [-0.05, 0) is 36.6 Å². The third-order valence-electron chi connectivity index (χ3n) is 5.30. The van der Waals surface area contributed by atoms with Crippen molar-refractivity contribution in [3.63, 3.8) is 0 Å². The third-order valence-corrected chi connectivity index (χ3v) is 5.30. The summed E-state index contributed by atoms with van der Waals surface area (Å²) in [5, 5.41) is 24.6. The van der Waals surface area contributed by atoms with Crippen molar-refractivity contribution in [3.8, 4) is 5.75 Å². The topological polar surface area (TPSA) is 82.0 Å². The third kappa shape index (κ3) is 5.79. The Labute approximate surface area is 172 Å². The molecular weight excluding hydrogens is 368 g/mol. The van der Waals surface area contributed by atoms with Gasteiger partial charge in [-0.15, -0.1) is 0 Å². The number of carbonyl (C=O) groups excluding carboxylic acids is 1. The fourth-order valence-electron chi connectivity index (χ4n) is 3.62. The first-order chi connectivity index (χ1) is 14.0. The zero-order valence-electron chi connectivity index (χ0n) is 16.9. The molecule has 1 aliphatic rings. The number of piperidine rings is 1. The number of carbonyl (C=O) groups is 1. The van der Waals surface area contributed by atoms with Gasteiger partial charge in [0.05, 0.1) is 25.7 Å². The van der Waals surface area contributed by atoms with Gasteiger partial charge >= 0.3 is 0 Å². The van der Waals surface area contributed by atoms with E-state index < -0.39 is 11.7 Å². The summed E-state index contributed by atoms with van der Waals surface area (Å²) < 4.78 is 5.44. The predicted molar refractivity (Wildman–Crippen MR) is 112 cm³/mol. The number of hydrogen-bond acceptors (Lipinski definition) is 5. The van der Waals surface area contributed by atoms with Gasteiger partial charge in [0.15, 0.2) is 0 Å². The van der Waals surface area contributed by atoms with Gasteiger partial charge in [0.25, 0.3) is 0 Å². The standard InChI is InChI=1S/C23H30N2O4/c1-2-29-20-10-8-19(9-11-20)15-24-16-23(28)17-25(13-12-21(23)26)22(27)14-18-6-4-3-5-7-18/h3-11,21,24,26,28H,2,12-17H2,1H3/t21-,23+/m1/s1. The summed E-state index contributed by atoms with van der Waals surface area (Å²) >= 11 is 0. The molecule has 3 N–H and O–H groups in total. The van der Waals surface area contributed by atoms with E-state index >= 15 is 0 Å². The van der Waals surface area contributed by atoms with Crippen molar-refractivity contribution >= 4 is 5.91 Å². The molecule has 156 valence electrons. The first-order valence-corrected chi connectivity index (χ1v) is 10.1. The second-order valence-corrected chi connectivity index (χ2v) is 7.57. The molecule has 0 saturated carbocycles. The molecule has 1 amide bonds. The van der Waals surface area contributed by atoms with E-state index in [2.05, 4.69) is 5.32 Å². The monoisotopic (exact) mass is 398 g/mol. The Morgan fingerprint density at radius 1 is 1.17 bits per heavy atom. The van der Waals surface area contributed by atoms with Crippen molar-refractivity contribution in [1.82, 2.24) is 10.2 Å². The molecule has 6 nitrogen and oxygen atoms in total. The molecule has 6 heteroatoms. The summed E-state index contributed by atoms with van der Waals surface area (Å²) in [4.78, 5) is 14.3. The fraction of sp³-hybridized carbons (Fsp3) is 0.435. The van der Waals surface area contributed by atoms with Crippen LogP contribution in [0.4, 0.5) is 0 Å². The molecule has 0 aliphatic carbocycles. The van der Waals surface area contributed by atoms with Gasteiger partial charge in [-0.1, -0.05) is 42.5 Å². The first kappa shape index (κ1) is 21.3. The number of rotatable bonds is 8. The number of amides is 1. The summed E-state index contributed by atoms with van der Waals surface area (Å²) in [6.45, 7) is 3.90. The van der Waals surface area contributed by atoms with Gasteiger partial charge in [0.1, 0.15) is 11.4 Å². The number of aliphatic hydroxyl groups excluding tert-OH is 1. The smallest absolute Gasteiger partial charge is 0.227 e. The molecule has 1 fully saturated rings. The van der Waals surface area contributed by atoms with Crippen LogP contribution >= 0.6 is 0 Å². The Balaban J connectivity index is 1.53. The van der Waals surface area contributed by atoms with Crippen molar-refractivity contribution in [2.75, 3.05) is 26.2 Å². The van der Waals surface area contributed by atoms with E-state index in [0.29, 0.717) is 32.5 Å². The van der Waals surface area contributed by atoms with Crippen LogP contribution in [0.2, 0.25) is 0 Å². The van der Waals surface area contributed by atoms with Gasteiger partial charge in [0.2, 0.25) is 5.91 Å². The lowest BCUT2D eigenvalue weighted by atomic mass is 9.89. The molecule has 3 rings (SSSR count). The van der Waals surface area contributed by atoms with Crippen LogP contribution in [-0.4, -0.2) is 59.0 Å². The van der Waals surface area contributed by atoms with Crippen molar-refractivity contribution < 1.29 is 19.7 Å². The quantitative estimate of drug-likeness (QED) is 0.631. The van der Waals surface area contributed by atoms with E-state index in [-0.39, 0.29) is 19.0 Å². The summed E-state index contributed by atoms with van der Waals surface area (Å²) in [6.07, 6.45) is -0.204. The number of nitrogens with one attached hydrogen (secondary N) is 1. The van der Waals surface area contributed by atoms with Crippen molar-refractivity contribution in [2.45, 2.75) is 38.0 Å². The Morgan fingerprint density at radius 2 is 1.90 bits per heavy atom. The highest BCUT2D eigenvalue weighted by atomic mass is 16.5. The first-order valence-electron chi connectivity index (χ1n) is 10.1. The molecule has 2 aromatic rings. The average Bonchev–Trinajstić information content (AvgIpc) is 2.72. The summed E-state index contributed by atoms with van der Waals surface area (Å²) in [5.74, 6) is 0.790. The number of ether oxygens (including phenoxy) is 1. The van der Waals surface area contributed by atoms with E-state index in [1.807, 2.05) is 61.5 Å². The lowest BCUT2D eigenvalue weighted by Gasteiger charge is -2.43. The minimum absolute atomic E-state index is 0.0342. The highest BCUT2D eigenvalue weighted by Gasteiger charge is 2.42. The van der Waals surface area contributed by atoms with Crippen LogP contribution in [0.5, 0.6) is 5.75 Å². The van der Waals surface area contributed by atoms with Gasteiger partial charge in [-0.3, -0.25) is 4.79 Å². The van der Waals surface area contributed by atoms with E-state index in [1.165, 1.54) is 0 Å². The number of likely N-dealkylation sites (tertiary alicyclic amines) is 1. The van der Waals surface area contributed by atoms with Crippen molar-refractivity contribution in [2.24, 2.45) is 0 Å². The van der Waals surface area contributed by atoms with Crippen molar-refractivity contribution in [1.29, 1.82) is 0 Å². The second kappa shape index (κ2) is 9.87. The van der Waals surface area contributed by atoms with E-state index in [9.17, 15) is 15.0 Å². The van der Waals surface area contributed by atoms with Crippen LogP contribution in [0.3, 0.4) is 0 Å². The molecule has 0 spiro atoms. The normalized spacial score (nSPS) is 21.8. The Hall–Kier alpha value is -2.41. The van der Waals surface area contributed by atoms with E-state index in [4.69, 9.17) is 4.74 Å². The van der Waals surface area contributed by atoms with Gasteiger partial charge in [0, 0.05) is 19.6 Å².